The van der Waals surface area contributed by atoms with Gasteiger partial charge >= 0.3 is 0 Å². The average Bonchev–Trinajstić information content (AvgIpc) is 2.98. The van der Waals surface area contributed by atoms with E-state index >= 15 is 0 Å². The molecule has 0 radical (unpaired) electrons. The van der Waals surface area contributed by atoms with E-state index in [-0.39, 0.29) is 24.1 Å². The standard InChI is InChI=1S/C19H20F2N2O3S/c1-13(17-8-5-15(20)11-18(17)21)12-22-19(24)14-3-6-16(7-4-14)23-9-2-10-27(23,25)26/h3-8,11,13H,2,9-10,12H2,1H3,(H,22,24). The zero-order valence-electron chi connectivity index (χ0n) is 14.8. The summed E-state index contributed by atoms with van der Waals surface area (Å²) in [4.78, 5) is 12.3. The minimum atomic E-state index is -3.26. The third kappa shape index (κ3) is 4.27. The molecule has 5 nitrogen and oxygen atoms in total. The van der Waals surface area contributed by atoms with Gasteiger partial charge in [0.25, 0.3) is 5.91 Å². The predicted octanol–water partition coefficient (Wildman–Crippen LogP) is 3.04. The Labute approximate surface area is 157 Å². The minimum Gasteiger partial charge on any atom is -0.351 e. The molecule has 1 aliphatic rings. The maximum absolute atomic E-state index is 13.8. The molecular formula is C19H20F2N2O3S. The summed E-state index contributed by atoms with van der Waals surface area (Å²) in [5.74, 6) is -1.84. The van der Waals surface area contributed by atoms with E-state index in [4.69, 9.17) is 0 Å². The lowest BCUT2D eigenvalue weighted by atomic mass is 10.0. The Morgan fingerprint density at radius 1 is 1.19 bits per heavy atom. The van der Waals surface area contributed by atoms with E-state index in [9.17, 15) is 22.0 Å². The second-order valence-corrected chi connectivity index (χ2v) is 8.58. The maximum Gasteiger partial charge on any atom is 0.251 e. The summed E-state index contributed by atoms with van der Waals surface area (Å²) in [6.07, 6.45) is 0.586. The van der Waals surface area contributed by atoms with Crippen LogP contribution in [0, 0.1) is 11.6 Å². The van der Waals surface area contributed by atoms with Crippen LogP contribution in [0.5, 0.6) is 0 Å². The summed E-state index contributed by atoms with van der Waals surface area (Å²) in [5.41, 5.74) is 1.24. The third-order valence-corrected chi connectivity index (χ3v) is 6.45. The van der Waals surface area contributed by atoms with Crippen molar-refractivity contribution in [3.63, 3.8) is 0 Å². The van der Waals surface area contributed by atoms with Gasteiger partial charge in [-0.25, -0.2) is 17.2 Å². The van der Waals surface area contributed by atoms with Gasteiger partial charge in [0.2, 0.25) is 10.0 Å². The van der Waals surface area contributed by atoms with Gasteiger partial charge in [-0.3, -0.25) is 9.10 Å². The summed E-state index contributed by atoms with van der Waals surface area (Å²) >= 11 is 0. The van der Waals surface area contributed by atoms with Crippen LogP contribution in [0.25, 0.3) is 0 Å². The topological polar surface area (TPSA) is 66.5 Å². The van der Waals surface area contributed by atoms with Crippen molar-refractivity contribution in [3.8, 4) is 0 Å². The van der Waals surface area contributed by atoms with E-state index in [0.717, 1.165) is 6.07 Å². The van der Waals surface area contributed by atoms with Crippen molar-refractivity contribution in [2.45, 2.75) is 19.3 Å². The average molecular weight is 394 g/mol. The van der Waals surface area contributed by atoms with Crippen LogP contribution in [0.15, 0.2) is 42.5 Å². The van der Waals surface area contributed by atoms with Crippen LogP contribution in [0.1, 0.15) is 35.2 Å². The molecule has 1 saturated heterocycles. The lowest BCUT2D eigenvalue weighted by molar-refractivity contribution is 0.0951. The highest BCUT2D eigenvalue weighted by molar-refractivity contribution is 7.93. The summed E-state index contributed by atoms with van der Waals surface area (Å²) in [6, 6.07) is 9.68. The lowest BCUT2D eigenvalue weighted by Crippen LogP contribution is -2.28. The third-order valence-electron chi connectivity index (χ3n) is 4.58. The summed E-state index contributed by atoms with van der Waals surface area (Å²) in [5, 5.41) is 2.71. The van der Waals surface area contributed by atoms with Crippen LogP contribution in [0.3, 0.4) is 0 Å². The minimum absolute atomic E-state index is 0.132. The molecule has 3 rings (SSSR count). The summed E-state index contributed by atoms with van der Waals surface area (Å²) in [7, 11) is -3.26. The molecule has 0 spiro atoms. The Morgan fingerprint density at radius 3 is 2.48 bits per heavy atom. The van der Waals surface area contributed by atoms with Gasteiger partial charge in [-0.05, 0) is 42.3 Å². The van der Waals surface area contributed by atoms with Crippen LogP contribution >= 0.6 is 0 Å². The SMILES string of the molecule is CC(CNC(=O)c1ccc(N2CCCS2(=O)=O)cc1)c1ccc(F)cc1F. The van der Waals surface area contributed by atoms with Crippen LogP contribution in [-0.4, -0.2) is 33.2 Å². The molecule has 0 aliphatic carbocycles. The molecule has 2 aromatic rings. The van der Waals surface area contributed by atoms with Crippen LogP contribution < -0.4 is 9.62 Å². The molecule has 8 heteroatoms. The van der Waals surface area contributed by atoms with E-state index in [0.29, 0.717) is 29.8 Å². The Morgan fingerprint density at radius 2 is 1.89 bits per heavy atom. The Hall–Kier alpha value is -2.48. The smallest absolute Gasteiger partial charge is 0.251 e. The first-order valence-electron chi connectivity index (χ1n) is 8.61. The second-order valence-electron chi connectivity index (χ2n) is 6.57. The second kappa shape index (κ2) is 7.64. The van der Waals surface area contributed by atoms with Crippen molar-refractivity contribution in [1.82, 2.24) is 5.32 Å². The highest BCUT2D eigenvalue weighted by Gasteiger charge is 2.28. The molecule has 1 unspecified atom stereocenters. The van der Waals surface area contributed by atoms with Crippen molar-refractivity contribution in [3.05, 3.63) is 65.2 Å². The Bertz CT molecular complexity index is 946. The van der Waals surface area contributed by atoms with Gasteiger partial charge in [0.05, 0.1) is 11.4 Å². The fraction of sp³-hybridized carbons (Fsp3) is 0.316. The molecule has 1 aliphatic heterocycles. The molecule has 1 atom stereocenters. The first-order chi connectivity index (χ1) is 12.8. The number of carbonyl (C=O) groups excluding carboxylic acids is 1. The summed E-state index contributed by atoms with van der Waals surface area (Å²) < 4.78 is 52.0. The monoisotopic (exact) mass is 394 g/mol. The number of anilines is 1. The number of benzene rings is 2. The molecule has 0 aromatic heterocycles. The van der Waals surface area contributed by atoms with Gasteiger partial charge in [-0.2, -0.15) is 0 Å². The van der Waals surface area contributed by atoms with Crippen molar-refractivity contribution >= 4 is 21.6 Å². The van der Waals surface area contributed by atoms with Gasteiger partial charge in [0.1, 0.15) is 11.6 Å². The highest BCUT2D eigenvalue weighted by atomic mass is 32.2. The molecule has 144 valence electrons. The van der Waals surface area contributed by atoms with E-state index in [1.165, 1.54) is 16.4 Å². The van der Waals surface area contributed by atoms with E-state index in [2.05, 4.69) is 5.32 Å². The van der Waals surface area contributed by atoms with Gasteiger partial charge in [-0.15, -0.1) is 0 Å². The van der Waals surface area contributed by atoms with Gasteiger partial charge in [-0.1, -0.05) is 13.0 Å². The fourth-order valence-corrected chi connectivity index (χ4v) is 4.63. The predicted molar refractivity (Wildman–Crippen MR) is 99.3 cm³/mol. The number of nitrogens with one attached hydrogen (secondary N) is 1. The van der Waals surface area contributed by atoms with Crippen molar-refractivity contribution in [2.75, 3.05) is 23.1 Å². The zero-order chi connectivity index (χ0) is 19.6. The molecule has 0 saturated carbocycles. The van der Waals surface area contributed by atoms with Gasteiger partial charge in [0, 0.05) is 30.6 Å². The number of hydrogen-bond donors (Lipinski definition) is 1. The molecule has 1 N–H and O–H groups in total. The van der Waals surface area contributed by atoms with Gasteiger partial charge in [0.15, 0.2) is 0 Å². The van der Waals surface area contributed by atoms with E-state index in [1.54, 1.807) is 31.2 Å². The van der Waals surface area contributed by atoms with Crippen molar-refractivity contribution < 1.29 is 22.0 Å². The molecule has 2 aromatic carbocycles. The zero-order valence-corrected chi connectivity index (χ0v) is 15.6. The van der Waals surface area contributed by atoms with E-state index in [1.807, 2.05) is 0 Å². The Balaban J connectivity index is 1.63. The van der Waals surface area contributed by atoms with Crippen molar-refractivity contribution in [1.29, 1.82) is 0 Å². The number of rotatable bonds is 5. The number of sulfonamides is 1. The molecule has 27 heavy (non-hydrogen) atoms. The molecular weight excluding hydrogens is 374 g/mol. The van der Waals surface area contributed by atoms with Crippen LogP contribution in [-0.2, 0) is 10.0 Å². The fourth-order valence-electron chi connectivity index (χ4n) is 3.07. The maximum atomic E-state index is 13.8. The number of amides is 1. The Kier molecular flexibility index (Phi) is 5.46. The molecule has 1 heterocycles. The largest absolute Gasteiger partial charge is 0.351 e. The molecule has 0 bridgehead atoms. The summed E-state index contributed by atoms with van der Waals surface area (Å²) in [6.45, 7) is 2.36. The quantitative estimate of drug-likeness (QED) is 0.848. The number of hydrogen-bond acceptors (Lipinski definition) is 3. The first kappa shape index (κ1) is 19.3. The number of nitrogens with zero attached hydrogens (tertiary/aromatic N) is 1. The normalized spacial score (nSPS) is 16.9. The first-order valence-corrected chi connectivity index (χ1v) is 10.2. The highest BCUT2D eigenvalue weighted by Crippen LogP contribution is 2.24. The number of halogens is 2. The molecule has 1 fully saturated rings. The van der Waals surface area contributed by atoms with Gasteiger partial charge < -0.3 is 5.32 Å². The lowest BCUT2D eigenvalue weighted by Gasteiger charge is -2.17. The van der Waals surface area contributed by atoms with Crippen LogP contribution in [0.4, 0.5) is 14.5 Å². The molecule has 1 amide bonds. The van der Waals surface area contributed by atoms with Crippen molar-refractivity contribution in [2.24, 2.45) is 0 Å². The number of carbonyl (C=O) groups is 1. The van der Waals surface area contributed by atoms with Crippen LogP contribution in [0.2, 0.25) is 0 Å². The van der Waals surface area contributed by atoms with E-state index < -0.39 is 21.7 Å².